The first-order valence-electron chi connectivity index (χ1n) is 14.0. The van der Waals surface area contributed by atoms with Crippen molar-refractivity contribution in [1.29, 1.82) is 0 Å². The van der Waals surface area contributed by atoms with E-state index in [-0.39, 0.29) is 0 Å². The monoisotopic (exact) mass is 499 g/mol. The fraction of sp³-hybridized carbons (Fsp3) is 0.389. The molecular weight excluding hydrogens is 446 g/mol. The molecule has 0 amide bonds. The number of hydrogen-bond donors (Lipinski definition) is 1. The molecule has 0 bridgehead atoms. The van der Waals surface area contributed by atoms with Crippen LogP contribution in [0.25, 0.3) is 5.70 Å². The molecule has 0 aliphatic carbocycles. The number of nitrogens with one attached hydrogen (secondary N) is 1. The summed E-state index contributed by atoms with van der Waals surface area (Å²) in [6.45, 7) is 24.7. The molecule has 0 saturated heterocycles. The number of aryl methyl sites for hydroxylation is 4. The van der Waals surface area contributed by atoms with Gasteiger partial charge in [0, 0.05) is 11.4 Å². The van der Waals surface area contributed by atoms with Crippen LogP contribution in [-0.2, 0) is 6.42 Å². The molecule has 3 rings (SSSR count). The van der Waals surface area contributed by atoms with E-state index in [1.165, 1.54) is 59.9 Å². The molecule has 0 saturated carbocycles. The molecule has 1 heteroatoms. The summed E-state index contributed by atoms with van der Waals surface area (Å²) in [6, 6.07) is 25.5. The lowest BCUT2D eigenvalue weighted by molar-refractivity contribution is 0.717. The minimum atomic E-state index is 0.934. The molecule has 0 radical (unpaired) electrons. The molecule has 0 heterocycles. The molecule has 0 fully saturated rings. The Bertz CT molecular complexity index is 997. The zero-order valence-electron chi connectivity index (χ0n) is 25.1. The van der Waals surface area contributed by atoms with Gasteiger partial charge in [-0.1, -0.05) is 131 Å². The lowest BCUT2D eigenvalue weighted by atomic mass is 10.1. The lowest BCUT2D eigenvalue weighted by Crippen LogP contribution is -1.99. The van der Waals surface area contributed by atoms with Gasteiger partial charge < -0.3 is 5.32 Å². The van der Waals surface area contributed by atoms with Crippen molar-refractivity contribution in [3.8, 4) is 0 Å². The molecule has 3 aromatic carbocycles. The van der Waals surface area contributed by atoms with E-state index in [0.717, 1.165) is 23.4 Å². The first kappa shape index (κ1) is 33.9. The van der Waals surface area contributed by atoms with Crippen LogP contribution in [0.1, 0.15) is 94.5 Å². The van der Waals surface area contributed by atoms with Gasteiger partial charge in [-0.2, -0.15) is 0 Å². The van der Waals surface area contributed by atoms with Crippen LogP contribution < -0.4 is 5.32 Å². The van der Waals surface area contributed by atoms with Crippen molar-refractivity contribution in [2.75, 3.05) is 5.32 Å². The zero-order valence-corrected chi connectivity index (χ0v) is 25.1. The van der Waals surface area contributed by atoms with E-state index in [0.29, 0.717) is 0 Å². The Morgan fingerprint density at radius 3 is 1.78 bits per heavy atom. The summed E-state index contributed by atoms with van der Waals surface area (Å²) in [5.41, 5.74) is 9.66. The topological polar surface area (TPSA) is 12.0 Å². The highest BCUT2D eigenvalue weighted by Gasteiger charge is 2.02. The normalized spacial score (nSPS) is 9.41. The minimum Gasteiger partial charge on any atom is -0.355 e. The van der Waals surface area contributed by atoms with Crippen LogP contribution in [-0.4, -0.2) is 0 Å². The van der Waals surface area contributed by atoms with Gasteiger partial charge in [-0.3, -0.25) is 0 Å². The van der Waals surface area contributed by atoms with Gasteiger partial charge >= 0.3 is 0 Å². The summed E-state index contributed by atoms with van der Waals surface area (Å²) in [5, 5.41) is 3.39. The first-order chi connectivity index (χ1) is 17.7. The van der Waals surface area contributed by atoms with Gasteiger partial charge in [-0.15, -0.1) is 6.58 Å². The molecule has 0 aliphatic heterocycles. The Morgan fingerprint density at radius 1 is 0.730 bits per heavy atom. The third-order valence-electron chi connectivity index (χ3n) is 5.59. The van der Waals surface area contributed by atoms with Crippen molar-refractivity contribution >= 4 is 11.4 Å². The first-order valence-corrected chi connectivity index (χ1v) is 14.0. The highest BCUT2D eigenvalue weighted by atomic mass is 14.9. The summed E-state index contributed by atoms with van der Waals surface area (Å²) in [7, 11) is 0. The summed E-state index contributed by atoms with van der Waals surface area (Å²) in [6.07, 6.45) is 7.61. The molecule has 1 nitrogen and oxygen atoms in total. The van der Waals surface area contributed by atoms with Gasteiger partial charge in [0.1, 0.15) is 0 Å². The number of anilines is 1. The third-order valence-corrected chi connectivity index (χ3v) is 5.59. The van der Waals surface area contributed by atoms with Crippen LogP contribution in [0.4, 0.5) is 5.69 Å². The summed E-state index contributed by atoms with van der Waals surface area (Å²) >= 11 is 0. The second kappa shape index (κ2) is 21.1. The van der Waals surface area contributed by atoms with Crippen LogP contribution in [0.15, 0.2) is 91.5 Å². The van der Waals surface area contributed by atoms with Gasteiger partial charge in [0.2, 0.25) is 0 Å². The van der Waals surface area contributed by atoms with Gasteiger partial charge in [-0.05, 0) is 75.3 Å². The van der Waals surface area contributed by atoms with Crippen molar-refractivity contribution in [2.45, 2.75) is 93.9 Å². The van der Waals surface area contributed by atoms with Crippen LogP contribution in [0.5, 0.6) is 0 Å². The van der Waals surface area contributed by atoms with Crippen LogP contribution in [0, 0.1) is 20.8 Å². The van der Waals surface area contributed by atoms with Crippen molar-refractivity contribution < 1.29 is 0 Å². The summed E-state index contributed by atoms with van der Waals surface area (Å²) in [4.78, 5) is 0. The second-order valence-corrected chi connectivity index (χ2v) is 9.75. The molecule has 1 N–H and O–H groups in total. The van der Waals surface area contributed by atoms with Crippen LogP contribution in [0.3, 0.4) is 0 Å². The van der Waals surface area contributed by atoms with Crippen molar-refractivity contribution in [2.24, 2.45) is 0 Å². The average Bonchev–Trinajstić information content (AvgIpc) is 2.88. The fourth-order valence-corrected chi connectivity index (χ4v) is 3.08. The van der Waals surface area contributed by atoms with E-state index in [9.17, 15) is 0 Å². The van der Waals surface area contributed by atoms with Crippen molar-refractivity contribution in [1.82, 2.24) is 0 Å². The standard InChI is InChI=1S/C17H19N.C11H16.C5H10.C3H8/c1-12-6-9-16(10-7-12)15(4)18-17-11-13(2)5-8-14(17)3;1-2-3-5-8-11-9-6-4-7-10-11;1-4-5(2)3;1-3-2/h5-11,18H,4H2,1-3H3;4,6-7,9-10H,2-3,5,8H2,1H3;2,4H2,1,3H3;3H2,1-2H3. The minimum absolute atomic E-state index is 0.934. The number of hydrogen-bond acceptors (Lipinski definition) is 1. The maximum Gasteiger partial charge on any atom is 0.0416 e. The second-order valence-electron chi connectivity index (χ2n) is 9.75. The molecular formula is C36H53N. The predicted molar refractivity (Wildman–Crippen MR) is 170 cm³/mol. The van der Waals surface area contributed by atoms with E-state index in [1.54, 1.807) is 0 Å². The average molecular weight is 500 g/mol. The molecule has 3 aromatic rings. The number of unbranched alkanes of at least 4 members (excludes halogenated alkanes) is 2. The third kappa shape index (κ3) is 17.1. The van der Waals surface area contributed by atoms with E-state index in [2.05, 4.69) is 140 Å². The van der Waals surface area contributed by atoms with E-state index in [1.807, 2.05) is 6.92 Å². The molecule has 0 atom stereocenters. The van der Waals surface area contributed by atoms with Gasteiger partial charge in [0.15, 0.2) is 0 Å². The highest BCUT2D eigenvalue weighted by molar-refractivity contribution is 5.76. The molecule has 202 valence electrons. The summed E-state index contributed by atoms with van der Waals surface area (Å²) in [5.74, 6) is 0. The SMILES string of the molecule is C=C(C)CC.C=C(Nc1cc(C)ccc1C)c1ccc(C)cc1.CCC.CCCCCc1ccccc1. The quantitative estimate of drug-likeness (QED) is 0.240. The predicted octanol–water partition coefficient (Wildman–Crippen LogP) is 11.5. The number of allylic oxidation sites excluding steroid dienone is 1. The highest BCUT2D eigenvalue weighted by Crippen LogP contribution is 2.22. The zero-order chi connectivity index (χ0) is 28.1. The Hall–Kier alpha value is -3.06. The van der Waals surface area contributed by atoms with Crippen molar-refractivity contribution in [3.05, 3.63) is 119 Å². The van der Waals surface area contributed by atoms with E-state index in [4.69, 9.17) is 0 Å². The molecule has 0 aliphatic rings. The largest absolute Gasteiger partial charge is 0.355 e. The fourth-order valence-electron chi connectivity index (χ4n) is 3.08. The molecule has 0 aromatic heterocycles. The van der Waals surface area contributed by atoms with E-state index < -0.39 is 0 Å². The Balaban J connectivity index is 0.000000578. The Kier molecular flexibility index (Phi) is 19.3. The molecule has 37 heavy (non-hydrogen) atoms. The van der Waals surface area contributed by atoms with Crippen LogP contribution >= 0.6 is 0 Å². The Morgan fingerprint density at radius 2 is 1.27 bits per heavy atom. The summed E-state index contributed by atoms with van der Waals surface area (Å²) < 4.78 is 0. The smallest absolute Gasteiger partial charge is 0.0416 e. The van der Waals surface area contributed by atoms with Gasteiger partial charge in [0.05, 0.1) is 0 Å². The van der Waals surface area contributed by atoms with Gasteiger partial charge in [0.25, 0.3) is 0 Å². The number of benzene rings is 3. The molecule has 0 unspecified atom stereocenters. The maximum atomic E-state index is 4.11. The maximum absolute atomic E-state index is 4.11. The lowest BCUT2D eigenvalue weighted by Gasteiger charge is -2.13. The molecule has 0 spiro atoms. The van der Waals surface area contributed by atoms with Crippen LogP contribution in [0.2, 0.25) is 0 Å². The Labute approximate surface area is 229 Å². The van der Waals surface area contributed by atoms with E-state index >= 15 is 0 Å². The number of rotatable bonds is 8. The van der Waals surface area contributed by atoms with Crippen molar-refractivity contribution in [3.63, 3.8) is 0 Å². The van der Waals surface area contributed by atoms with Gasteiger partial charge in [-0.25, -0.2) is 0 Å².